The van der Waals surface area contributed by atoms with Gasteiger partial charge in [0.1, 0.15) is 23.4 Å². The van der Waals surface area contributed by atoms with E-state index in [2.05, 4.69) is 16.6 Å². The minimum Gasteiger partial charge on any atom is -0.508 e. The molecule has 0 aliphatic heterocycles. The van der Waals surface area contributed by atoms with Gasteiger partial charge in [0.15, 0.2) is 0 Å². The molecule has 8 nitrogen and oxygen atoms in total. The summed E-state index contributed by atoms with van der Waals surface area (Å²) in [5.74, 6) is 1.67. The SMILES string of the molecule is C#Cc1ccccc1C(C(=O)Nc1c(C)cccc1Cl)N(C(=O)C(Cc1ccc(O)cc1)NC(=O)OC(C)(C)C)C(C)(C)CC. The fourth-order valence-electron chi connectivity index (χ4n) is 4.88. The number of aromatic hydroxyl groups is 1. The van der Waals surface area contributed by atoms with Gasteiger partial charge in [-0.25, -0.2) is 4.79 Å². The molecule has 3 aromatic rings. The van der Waals surface area contributed by atoms with E-state index < -0.39 is 41.1 Å². The number of alkyl carbamates (subject to hydrolysis) is 1. The molecule has 3 aromatic carbocycles. The summed E-state index contributed by atoms with van der Waals surface area (Å²) in [6.45, 7) is 12.6. The van der Waals surface area contributed by atoms with Crippen molar-refractivity contribution in [3.05, 3.63) is 94.0 Å². The number of terminal acetylenes is 1. The largest absolute Gasteiger partial charge is 0.508 e. The Balaban J connectivity index is 2.22. The predicted molar refractivity (Wildman–Crippen MR) is 178 cm³/mol. The summed E-state index contributed by atoms with van der Waals surface area (Å²) in [4.78, 5) is 43.9. The zero-order valence-electron chi connectivity index (χ0n) is 26.9. The van der Waals surface area contributed by atoms with Crippen molar-refractivity contribution >= 4 is 35.2 Å². The topological polar surface area (TPSA) is 108 Å². The van der Waals surface area contributed by atoms with E-state index in [1.165, 1.54) is 17.0 Å². The number of carbonyl (C=O) groups is 3. The van der Waals surface area contributed by atoms with Crippen LogP contribution in [0.4, 0.5) is 10.5 Å². The summed E-state index contributed by atoms with van der Waals surface area (Å²) < 4.78 is 5.52. The van der Waals surface area contributed by atoms with Gasteiger partial charge in [-0.05, 0) is 88.9 Å². The Labute approximate surface area is 271 Å². The van der Waals surface area contributed by atoms with E-state index in [0.717, 1.165) is 5.56 Å². The number of aryl methyl sites for hydroxylation is 1. The van der Waals surface area contributed by atoms with Crippen molar-refractivity contribution in [3.8, 4) is 18.1 Å². The molecular weight excluding hydrogens is 590 g/mol. The number of anilines is 1. The van der Waals surface area contributed by atoms with E-state index in [4.69, 9.17) is 22.8 Å². The van der Waals surface area contributed by atoms with Crippen molar-refractivity contribution in [2.45, 2.75) is 84.5 Å². The van der Waals surface area contributed by atoms with E-state index in [-0.39, 0.29) is 12.2 Å². The van der Waals surface area contributed by atoms with Gasteiger partial charge in [0.25, 0.3) is 5.91 Å². The smallest absolute Gasteiger partial charge is 0.408 e. The first-order valence-electron chi connectivity index (χ1n) is 14.8. The fraction of sp³-hybridized carbons (Fsp3) is 0.361. The second-order valence-electron chi connectivity index (χ2n) is 12.5. The lowest BCUT2D eigenvalue weighted by atomic mass is 9.89. The van der Waals surface area contributed by atoms with Gasteiger partial charge in [-0.1, -0.05) is 66.9 Å². The molecule has 45 heavy (non-hydrogen) atoms. The number of amides is 3. The first kappa shape index (κ1) is 35.0. The van der Waals surface area contributed by atoms with Crippen LogP contribution in [0.3, 0.4) is 0 Å². The number of nitrogens with zero attached hydrogens (tertiary/aromatic N) is 1. The molecule has 0 saturated heterocycles. The van der Waals surface area contributed by atoms with E-state index in [1.807, 2.05) is 33.8 Å². The third-order valence-corrected chi connectivity index (χ3v) is 7.82. The molecule has 0 saturated carbocycles. The lowest BCUT2D eigenvalue weighted by Gasteiger charge is -2.45. The van der Waals surface area contributed by atoms with Crippen LogP contribution >= 0.6 is 11.6 Å². The van der Waals surface area contributed by atoms with Crippen molar-refractivity contribution in [2.24, 2.45) is 0 Å². The van der Waals surface area contributed by atoms with E-state index in [0.29, 0.717) is 33.8 Å². The van der Waals surface area contributed by atoms with E-state index >= 15 is 0 Å². The molecule has 3 N–H and O–H groups in total. The molecule has 0 spiro atoms. The number of rotatable bonds is 10. The molecule has 9 heteroatoms. The van der Waals surface area contributed by atoms with Crippen molar-refractivity contribution in [1.29, 1.82) is 0 Å². The summed E-state index contributed by atoms with van der Waals surface area (Å²) in [6, 6.07) is 16.2. The molecule has 0 fully saturated rings. The second kappa shape index (κ2) is 14.5. The van der Waals surface area contributed by atoms with Crippen molar-refractivity contribution in [3.63, 3.8) is 0 Å². The standard InChI is InChI=1S/C36H42ClN3O5/c1-9-25-15-11-12-16-27(25)31(32(42)39-30-23(3)14-13-17-28(30)37)40(36(7,8)10-2)33(43)29(38-34(44)45-35(4,5)6)22-24-18-20-26(41)21-19-24/h1,11-21,29,31,41H,10,22H2,2-8H3,(H,38,44)(H,39,42). The molecule has 238 valence electrons. The highest BCUT2D eigenvalue weighted by Gasteiger charge is 2.44. The molecule has 2 atom stereocenters. The molecular formula is C36H42ClN3O5. The zero-order chi connectivity index (χ0) is 33.5. The number of hydrogen-bond acceptors (Lipinski definition) is 5. The Bertz CT molecular complexity index is 1550. The highest BCUT2D eigenvalue weighted by molar-refractivity contribution is 6.34. The number of carbonyl (C=O) groups excluding carboxylic acids is 3. The highest BCUT2D eigenvalue weighted by Crippen LogP contribution is 2.36. The third kappa shape index (κ3) is 9.02. The normalized spacial score (nSPS) is 12.8. The lowest BCUT2D eigenvalue weighted by molar-refractivity contribution is -0.147. The Kier molecular flexibility index (Phi) is 11.3. The molecule has 0 aliphatic carbocycles. The van der Waals surface area contributed by atoms with Gasteiger partial charge in [-0.2, -0.15) is 0 Å². The molecule has 2 unspecified atom stereocenters. The van der Waals surface area contributed by atoms with Gasteiger partial charge in [-0.15, -0.1) is 6.42 Å². The lowest BCUT2D eigenvalue weighted by Crippen LogP contribution is -2.59. The third-order valence-electron chi connectivity index (χ3n) is 7.51. The van der Waals surface area contributed by atoms with Gasteiger partial charge in [0, 0.05) is 17.5 Å². The molecule has 3 amide bonds. The van der Waals surface area contributed by atoms with E-state index in [1.54, 1.807) is 69.3 Å². The average Bonchev–Trinajstić information content (AvgIpc) is 2.97. The number of para-hydroxylation sites is 1. The predicted octanol–water partition coefficient (Wildman–Crippen LogP) is 7.17. The van der Waals surface area contributed by atoms with Gasteiger partial charge < -0.3 is 25.4 Å². The van der Waals surface area contributed by atoms with Crippen molar-refractivity contribution in [2.75, 3.05) is 5.32 Å². The molecule has 0 radical (unpaired) electrons. The van der Waals surface area contributed by atoms with Gasteiger partial charge in [0.05, 0.1) is 10.7 Å². The first-order valence-corrected chi connectivity index (χ1v) is 15.2. The molecule has 3 rings (SSSR count). The summed E-state index contributed by atoms with van der Waals surface area (Å²) in [5, 5.41) is 15.9. The van der Waals surface area contributed by atoms with Crippen LogP contribution in [0.2, 0.25) is 5.02 Å². The Morgan fingerprint density at radius 3 is 2.22 bits per heavy atom. The number of phenolic OH excluding ortho intramolecular Hbond substituents is 1. The van der Waals surface area contributed by atoms with Crippen LogP contribution in [0.1, 0.15) is 76.3 Å². The number of phenols is 1. The quantitative estimate of drug-likeness (QED) is 0.206. The van der Waals surface area contributed by atoms with Crippen LogP contribution in [-0.2, 0) is 20.7 Å². The summed E-state index contributed by atoms with van der Waals surface area (Å²) >= 11 is 6.50. The van der Waals surface area contributed by atoms with Crippen LogP contribution in [0.25, 0.3) is 0 Å². The van der Waals surface area contributed by atoms with Crippen LogP contribution in [-0.4, -0.2) is 45.1 Å². The Hall–Kier alpha value is -4.48. The first-order chi connectivity index (χ1) is 21.1. The Morgan fingerprint density at radius 1 is 1.00 bits per heavy atom. The number of benzene rings is 3. The Morgan fingerprint density at radius 2 is 1.64 bits per heavy atom. The second-order valence-corrected chi connectivity index (χ2v) is 12.9. The molecule has 0 aromatic heterocycles. The molecule has 0 aliphatic rings. The van der Waals surface area contributed by atoms with Crippen LogP contribution in [0, 0.1) is 19.3 Å². The summed E-state index contributed by atoms with van der Waals surface area (Å²) in [7, 11) is 0. The van der Waals surface area contributed by atoms with Gasteiger partial charge in [-0.3, -0.25) is 9.59 Å². The van der Waals surface area contributed by atoms with Crippen LogP contribution in [0.5, 0.6) is 5.75 Å². The van der Waals surface area contributed by atoms with E-state index in [9.17, 15) is 19.5 Å². The van der Waals surface area contributed by atoms with Gasteiger partial charge >= 0.3 is 6.09 Å². The number of hydrogen-bond donors (Lipinski definition) is 3. The minimum absolute atomic E-state index is 0.0589. The highest BCUT2D eigenvalue weighted by atomic mass is 35.5. The zero-order valence-corrected chi connectivity index (χ0v) is 27.7. The molecule has 0 bridgehead atoms. The fourth-order valence-corrected chi connectivity index (χ4v) is 5.15. The maximum absolute atomic E-state index is 14.9. The average molecular weight is 632 g/mol. The van der Waals surface area contributed by atoms with Gasteiger partial charge in [0.2, 0.25) is 5.91 Å². The maximum Gasteiger partial charge on any atom is 0.408 e. The monoisotopic (exact) mass is 631 g/mol. The van der Waals surface area contributed by atoms with Crippen LogP contribution in [0.15, 0.2) is 66.7 Å². The molecule has 0 heterocycles. The number of nitrogens with one attached hydrogen (secondary N) is 2. The van der Waals surface area contributed by atoms with Crippen molar-refractivity contribution in [1.82, 2.24) is 10.2 Å². The number of ether oxygens (including phenoxy) is 1. The van der Waals surface area contributed by atoms with Crippen molar-refractivity contribution < 1.29 is 24.2 Å². The summed E-state index contributed by atoms with van der Waals surface area (Å²) in [6.07, 6.45) is 5.64. The van der Waals surface area contributed by atoms with Crippen LogP contribution < -0.4 is 10.6 Å². The number of halogens is 1. The minimum atomic E-state index is -1.21. The summed E-state index contributed by atoms with van der Waals surface area (Å²) in [5.41, 5.74) is 0.990. The maximum atomic E-state index is 14.9.